The van der Waals surface area contributed by atoms with Crippen molar-refractivity contribution in [2.45, 2.75) is 25.9 Å². The van der Waals surface area contributed by atoms with Crippen LogP contribution in [0.25, 0.3) is 0 Å². The standard InChI is InChI=1S/C17H21ClN4OS.ClH/c1-12-10-21(11-15-9-20-17(19)24-15)5-6-22(12)16(23)8-13-3-2-4-14(18)7-13;/h2-4,7,9,12H,5-6,8,10-11H2,1H3,(H2,19,20);1H. The smallest absolute Gasteiger partial charge is 0.227 e. The van der Waals surface area contributed by atoms with Gasteiger partial charge in [0, 0.05) is 48.3 Å². The molecule has 1 aromatic heterocycles. The average Bonchev–Trinajstić information content (AvgIpc) is 2.92. The van der Waals surface area contributed by atoms with Crippen molar-refractivity contribution in [1.29, 1.82) is 0 Å². The van der Waals surface area contributed by atoms with E-state index in [0.717, 1.165) is 31.7 Å². The number of amides is 1. The molecule has 25 heavy (non-hydrogen) atoms. The van der Waals surface area contributed by atoms with Gasteiger partial charge in [0.1, 0.15) is 0 Å². The lowest BCUT2D eigenvalue weighted by atomic mass is 10.1. The molecular weight excluding hydrogens is 379 g/mol. The highest BCUT2D eigenvalue weighted by atomic mass is 35.5. The highest BCUT2D eigenvalue weighted by Crippen LogP contribution is 2.20. The monoisotopic (exact) mass is 400 g/mol. The molecule has 3 rings (SSSR count). The fourth-order valence-electron chi connectivity index (χ4n) is 3.09. The third-order valence-corrected chi connectivity index (χ3v) is 5.27. The number of halogens is 2. The van der Waals surface area contributed by atoms with Crippen LogP contribution in [0.15, 0.2) is 30.5 Å². The van der Waals surface area contributed by atoms with Crippen molar-refractivity contribution in [3.63, 3.8) is 0 Å². The fourth-order valence-corrected chi connectivity index (χ4v) is 4.03. The van der Waals surface area contributed by atoms with Gasteiger partial charge in [0.25, 0.3) is 0 Å². The van der Waals surface area contributed by atoms with Crippen molar-refractivity contribution in [2.24, 2.45) is 0 Å². The Hall–Kier alpha value is -1.34. The Morgan fingerprint density at radius 3 is 2.88 bits per heavy atom. The van der Waals surface area contributed by atoms with Gasteiger partial charge in [-0.15, -0.1) is 23.7 Å². The number of thiazole rings is 1. The number of hydrogen-bond acceptors (Lipinski definition) is 5. The van der Waals surface area contributed by atoms with Gasteiger partial charge in [0.05, 0.1) is 6.42 Å². The van der Waals surface area contributed by atoms with Crippen LogP contribution in [0.2, 0.25) is 5.02 Å². The molecule has 1 atom stereocenters. The quantitative estimate of drug-likeness (QED) is 0.856. The van der Waals surface area contributed by atoms with E-state index in [0.29, 0.717) is 16.6 Å². The first kappa shape index (κ1) is 20.0. The van der Waals surface area contributed by atoms with Gasteiger partial charge in [0.2, 0.25) is 5.91 Å². The lowest BCUT2D eigenvalue weighted by molar-refractivity contribution is -0.135. The zero-order valence-electron chi connectivity index (χ0n) is 14.0. The number of carbonyl (C=O) groups is 1. The molecule has 2 heterocycles. The number of benzene rings is 1. The van der Waals surface area contributed by atoms with Crippen molar-refractivity contribution in [2.75, 3.05) is 25.4 Å². The minimum absolute atomic E-state index is 0. The molecular formula is C17H22Cl2N4OS. The molecule has 1 fully saturated rings. The Labute approximate surface area is 163 Å². The van der Waals surface area contributed by atoms with Gasteiger partial charge >= 0.3 is 0 Å². The van der Waals surface area contributed by atoms with Crippen LogP contribution in [0.3, 0.4) is 0 Å². The minimum atomic E-state index is 0. The molecule has 1 amide bonds. The Morgan fingerprint density at radius 2 is 2.24 bits per heavy atom. The molecule has 8 heteroatoms. The summed E-state index contributed by atoms with van der Waals surface area (Å²) in [5, 5.41) is 1.27. The van der Waals surface area contributed by atoms with Crippen LogP contribution in [-0.4, -0.2) is 46.4 Å². The zero-order valence-corrected chi connectivity index (χ0v) is 16.4. The van der Waals surface area contributed by atoms with Crippen LogP contribution in [0.1, 0.15) is 17.4 Å². The third-order valence-electron chi connectivity index (χ3n) is 4.23. The van der Waals surface area contributed by atoms with Crippen molar-refractivity contribution in [3.8, 4) is 0 Å². The summed E-state index contributed by atoms with van der Waals surface area (Å²) in [6, 6.07) is 7.69. The van der Waals surface area contributed by atoms with E-state index < -0.39 is 0 Å². The summed E-state index contributed by atoms with van der Waals surface area (Å²) in [5.74, 6) is 0.159. The van der Waals surface area contributed by atoms with E-state index in [1.807, 2.05) is 35.4 Å². The largest absolute Gasteiger partial charge is 0.375 e. The number of piperazine rings is 1. The highest BCUT2D eigenvalue weighted by molar-refractivity contribution is 7.15. The number of carbonyl (C=O) groups excluding carboxylic acids is 1. The number of nitrogens with two attached hydrogens (primary N) is 1. The minimum Gasteiger partial charge on any atom is -0.375 e. The third kappa shape index (κ3) is 5.31. The molecule has 5 nitrogen and oxygen atoms in total. The molecule has 1 aliphatic heterocycles. The van der Waals surface area contributed by atoms with Crippen molar-refractivity contribution >= 4 is 46.4 Å². The number of rotatable bonds is 4. The lowest BCUT2D eigenvalue weighted by Crippen LogP contribution is -2.53. The van der Waals surface area contributed by atoms with Crippen molar-refractivity contribution in [1.82, 2.24) is 14.8 Å². The Morgan fingerprint density at radius 1 is 1.44 bits per heavy atom. The molecule has 0 radical (unpaired) electrons. The lowest BCUT2D eigenvalue weighted by Gasteiger charge is -2.39. The maximum atomic E-state index is 12.6. The number of hydrogen-bond donors (Lipinski definition) is 1. The Balaban J connectivity index is 0.00000225. The molecule has 1 aliphatic rings. The molecule has 0 saturated carbocycles. The number of anilines is 1. The second-order valence-corrected chi connectivity index (χ2v) is 7.73. The number of nitrogens with zero attached hydrogens (tertiary/aromatic N) is 3. The summed E-state index contributed by atoms with van der Waals surface area (Å²) in [7, 11) is 0. The highest BCUT2D eigenvalue weighted by Gasteiger charge is 2.27. The van der Waals surface area contributed by atoms with Crippen LogP contribution in [0.5, 0.6) is 0 Å². The fraction of sp³-hybridized carbons (Fsp3) is 0.412. The topological polar surface area (TPSA) is 62.5 Å². The van der Waals surface area contributed by atoms with E-state index >= 15 is 0 Å². The normalized spacial score (nSPS) is 18.0. The van der Waals surface area contributed by atoms with Gasteiger partial charge in [-0.25, -0.2) is 4.98 Å². The van der Waals surface area contributed by atoms with Crippen LogP contribution in [0, 0.1) is 0 Å². The number of aromatic nitrogens is 1. The first-order valence-corrected chi connectivity index (χ1v) is 9.17. The SMILES string of the molecule is CC1CN(Cc2cnc(N)s2)CCN1C(=O)Cc1cccc(Cl)c1.Cl. The molecule has 1 unspecified atom stereocenters. The molecule has 1 saturated heterocycles. The Kier molecular flexibility index (Phi) is 7.07. The summed E-state index contributed by atoms with van der Waals surface area (Å²) >= 11 is 7.52. The van der Waals surface area contributed by atoms with E-state index in [4.69, 9.17) is 17.3 Å². The summed E-state index contributed by atoms with van der Waals surface area (Å²) in [5.41, 5.74) is 6.64. The second kappa shape index (κ2) is 8.85. The maximum absolute atomic E-state index is 12.6. The van der Waals surface area contributed by atoms with Gasteiger partial charge in [-0.1, -0.05) is 23.7 Å². The summed E-state index contributed by atoms with van der Waals surface area (Å²) in [6.45, 7) is 5.41. The van der Waals surface area contributed by atoms with Crippen LogP contribution in [0.4, 0.5) is 5.13 Å². The summed E-state index contributed by atoms with van der Waals surface area (Å²) in [6.07, 6.45) is 2.23. The van der Waals surface area contributed by atoms with Gasteiger partial charge in [-0.2, -0.15) is 0 Å². The van der Waals surface area contributed by atoms with Gasteiger partial charge in [0.15, 0.2) is 5.13 Å². The molecule has 2 aromatic rings. The molecule has 0 spiro atoms. The van der Waals surface area contributed by atoms with E-state index in [1.165, 1.54) is 16.2 Å². The number of nitrogen functional groups attached to an aromatic ring is 1. The molecule has 0 bridgehead atoms. The van der Waals surface area contributed by atoms with Gasteiger partial charge in [-0.05, 0) is 24.6 Å². The van der Waals surface area contributed by atoms with E-state index in [1.54, 1.807) is 0 Å². The second-order valence-electron chi connectivity index (χ2n) is 6.14. The first-order valence-electron chi connectivity index (χ1n) is 7.97. The zero-order chi connectivity index (χ0) is 17.1. The molecule has 1 aromatic carbocycles. The molecule has 2 N–H and O–H groups in total. The maximum Gasteiger partial charge on any atom is 0.227 e. The van der Waals surface area contributed by atoms with Crippen LogP contribution >= 0.6 is 35.3 Å². The first-order chi connectivity index (χ1) is 11.5. The van der Waals surface area contributed by atoms with Crippen LogP contribution in [-0.2, 0) is 17.8 Å². The summed E-state index contributed by atoms with van der Waals surface area (Å²) < 4.78 is 0. The van der Waals surface area contributed by atoms with Crippen molar-refractivity contribution in [3.05, 3.63) is 45.9 Å². The van der Waals surface area contributed by atoms with Crippen molar-refractivity contribution < 1.29 is 4.79 Å². The van der Waals surface area contributed by atoms with E-state index in [-0.39, 0.29) is 24.4 Å². The van der Waals surface area contributed by atoms with E-state index in [9.17, 15) is 4.79 Å². The predicted molar refractivity (Wildman–Crippen MR) is 105 cm³/mol. The molecule has 0 aliphatic carbocycles. The Bertz CT molecular complexity index is 724. The predicted octanol–water partition coefficient (Wildman–Crippen LogP) is 3.08. The average molecular weight is 401 g/mol. The van der Waals surface area contributed by atoms with Crippen LogP contribution < -0.4 is 5.73 Å². The summed E-state index contributed by atoms with van der Waals surface area (Å²) in [4.78, 5) is 22.2. The van der Waals surface area contributed by atoms with Gasteiger partial charge < -0.3 is 10.6 Å². The van der Waals surface area contributed by atoms with Gasteiger partial charge in [-0.3, -0.25) is 9.69 Å². The molecule has 136 valence electrons. The van der Waals surface area contributed by atoms with E-state index in [2.05, 4.69) is 16.8 Å².